The van der Waals surface area contributed by atoms with Crippen molar-refractivity contribution in [2.24, 2.45) is 5.41 Å². The van der Waals surface area contributed by atoms with Crippen molar-refractivity contribution in [3.05, 3.63) is 47.9 Å². The zero-order valence-corrected chi connectivity index (χ0v) is 15.0. The molecule has 0 spiro atoms. The third-order valence-electron chi connectivity index (χ3n) is 3.19. The molecule has 2 aromatic heterocycles. The molecule has 7 heteroatoms. The quantitative estimate of drug-likeness (QED) is 0.851. The van der Waals surface area contributed by atoms with E-state index in [4.69, 9.17) is 5.26 Å². The molecule has 0 atom stereocenters. The molecule has 0 saturated carbocycles. The van der Waals surface area contributed by atoms with Gasteiger partial charge in [-0.05, 0) is 36.6 Å². The fourth-order valence-corrected chi connectivity index (χ4v) is 3.70. The normalized spacial score (nSPS) is 11.8. The molecular formula is C17H20N4O2S. The van der Waals surface area contributed by atoms with E-state index in [1.807, 2.05) is 39.8 Å². The highest BCUT2D eigenvalue weighted by molar-refractivity contribution is 7.92. The third kappa shape index (κ3) is 4.09. The number of anilines is 1. The molecular weight excluding hydrogens is 324 g/mol. The number of pyridine rings is 2. The van der Waals surface area contributed by atoms with Crippen LogP contribution in [0.3, 0.4) is 0 Å². The van der Waals surface area contributed by atoms with E-state index in [2.05, 4.69) is 9.97 Å². The zero-order valence-electron chi connectivity index (χ0n) is 14.2. The van der Waals surface area contributed by atoms with Crippen molar-refractivity contribution < 1.29 is 8.42 Å². The van der Waals surface area contributed by atoms with Gasteiger partial charge in [0.15, 0.2) is 0 Å². The van der Waals surface area contributed by atoms with E-state index >= 15 is 0 Å². The van der Waals surface area contributed by atoms with Gasteiger partial charge in [-0.2, -0.15) is 5.26 Å². The SMILES string of the molecule is Cc1cccc(N(CC(C)(C)C)S(=O)(=O)c2ccc(C#N)nc2)n1. The average molecular weight is 344 g/mol. The molecule has 2 aromatic rings. The van der Waals surface area contributed by atoms with Crippen LogP contribution in [0.15, 0.2) is 41.4 Å². The Kier molecular flexibility index (Phi) is 4.90. The van der Waals surface area contributed by atoms with Gasteiger partial charge in [0, 0.05) is 18.4 Å². The molecule has 0 aliphatic rings. The van der Waals surface area contributed by atoms with Gasteiger partial charge in [0.2, 0.25) is 0 Å². The van der Waals surface area contributed by atoms with Crippen molar-refractivity contribution in [1.82, 2.24) is 9.97 Å². The Balaban J connectivity index is 2.54. The van der Waals surface area contributed by atoms with Crippen LogP contribution in [0.2, 0.25) is 0 Å². The van der Waals surface area contributed by atoms with Crippen LogP contribution in [0.1, 0.15) is 32.2 Å². The maximum absolute atomic E-state index is 13.1. The van der Waals surface area contributed by atoms with Crippen LogP contribution in [0.4, 0.5) is 5.82 Å². The van der Waals surface area contributed by atoms with Crippen molar-refractivity contribution in [3.63, 3.8) is 0 Å². The van der Waals surface area contributed by atoms with E-state index in [-0.39, 0.29) is 22.5 Å². The summed E-state index contributed by atoms with van der Waals surface area (Å²) in [5.74, 6) is 0.370. The summed E-state index contributed by atoms with van der Waals surface area (Å²) in [5.41, 5.74) is 0.642. The first-order valence-corrected chi connectivity index (χ1v) is 8.90. The van der Waals surface area contributed by atoms with Crippen LogP contribution in [0, 0.1) is 23.7 Å². The molecule has 0 N–H and O–H groups in total. The Morgan fingerprint density at radius 1 is 1.21 bits per heavy atom. The first kappa shape index (κ1) is 17.9. The predicted octanol–water partition coefficient (Wildman–Crippen LogP) is 2.90. The molecule has 0 aliphatic heterocycles. The van der Waals surface area contributed by atoms with Gasteiger partial charge in [-0.15, -0.1) is 0 Å². The number of rotatable bonds is 4. The molecule has 0 amide bonds. The summed E-state index contributed by atoms with van der Waals surface area (Å²) in [5, 5.41) is 8.82. The summed E-state index contributed by atoms with van der Waals surface area (Å²) >= 11 is 0. The molecule has 0 unspecified atom stereocenters. The van der Waals surface area contributed by atoms with Crippen LogP contribution < -0.4 is 4.31 Å². The predicted molar refractivity (Wildman–Crippen MR) is 91.9 cm³/mol. The zero-order chi connectivity index (χ0) is 18.0. The molecule has 0 fully saturated rings. The number of hydrogen-bond acceptors (Lipinski definition) is 5. The standard InChI is InChI=1S/C17H20N4O2S/c1-13-6-5-7-16(20-13)21(12-17(2,3)4)24(22,23)15-9-8-14(10-18)19-11-15/h5-9,11H,12H2,1-4H3. The highest BCUT2D eigenvalue weighted by Crippen LogP contribution is 2.27. The second-order valence-corrected chi connectivity index (χ2v) is 8.56. The topological polar surface area (TPSA) is 87.0 Å². The van der Waals surface area contributed by atoms with Crippen LogP contribution in [-0.4, -0.2) is 24.9 Å². The monoisotopic (exact) mass is 344 g/mol. The van der Waals surface area contributed by atoms with Crippen LogP contribution in [0.25, 0.3) is 0 Å². The number of sulfonamides is 1. The van der Waals surface area contributed by atoms with E-state index in [0.717, 1.165) is 5.69 Å². The van der Waals surface area contributed by atoms with Gasteiger partial charge in [0.1, 0.15) is 22.5 Å². The smallest absolute Gasteiger partial charge is 0.249 e. The van der Waals surface area contributed by atoms with Gasteiger partial charge in [-0.3, -0.25) is 0 Å². The van der Waals surface area contributed by atoms with Gasteiger partial charge in [-0.1, -0.05) is 26.8 Å². The number of aryl methyl sites for hydroxylation is 1. The lowest BCUT2D eigenvalue weighted by Gasteiger charge is -2.30. The fourth-order valence-electron chi connectivity index (χ4n) is 2.11. The minimum atomic E-state index is -3.83. The number of nitrogens with zero attached hydrogens (tertiary/aromatic N) is 4. The molecule has 0 aromatic carbocycles. The van der Waals surface area contributed by atoms with Crippen LogP contribution in [0.5, 0.6) is 0 Å². The van der Waals surface area contributed by atoms with Crippen molar-refractivity contribution in [3.8, 4) is 6.07 Å². The van der Waals surface area contributed by atoms with Gasteiger partial charge in [-0.25, -0.2) is 22.7 Å². The third-order valence-corrected chi connectivity index (χ3v) is 4.92. The van der Waals surface area contributed by atoms with Gasteiger partial charge >= 0.3 is 0 Å². The Bertz CT molecular complexity index is 863. The summed E-state index contributed by atoms with van der Waals surface area (Å²) in [6, 6.07) is 9.94. The van der Waals surface area contributed by atoms with Gasteiger partial charge in [0.25, 0.3) is 10.0 Å². The maximum Gasteiger partial charge on any atom is 0.267 e. The van der Waals surface area contributed by atoms with E-state index in [1.54, 1.807) is 12.1 Å². The van der Waals surface area contributed by atoms with E-state index in [0.29, 0.717) is 5.82 Å². The first-order chi connectivity index (χ1) is 11.1. The minimum Gasteiger partial charge on any atom is -0.249 e. The average Bonchev–Trinajstić information content (AvgIpc) is 2.52. The minimum absolute atomic E-state index is 0.0362. The molecule has 0 radical (unpaired) electrons. The lowest BCUT2D eigenvalue weighted by molar-refractivity contribution is 0.425. The van der Waals surface area contributed by atoms with Gasteiger partial charge in [0.05, 0.1) is 0 Å². The molecule has 0 saturated heterocycles. The number of hydrogen-bond donors (Lipinski definition) is 0. The first-order valence-electron chi connectivity index (χ1n) is 7.46. The lowest BCUT2D eigenvalue weighted by atomic mass is 9.97. The van der Waals surface area contributed by atoms with E-state index in [1.165, 1.54) is 22.6 Å². The molecule has 2 rings (SSSR count). The summed E-state index contributed by atoms with van der Waals surface area (Å²) in [7, 11) is -3.83. The summed E-state index contributed by atoms with van der Waals surface area (Å²) in [4.78, 5) is 8.26. The summed E-state index contributed by atoms with van der Waals surface area (Å²) < 4.78 is 27.5. The molecule has 0 aliphatic carbocycles. The Labute approximate surface area is 142 Å². The number of aromatic nitrogens is 2. The van der Waals surface area contributed by atoms with Crippen molar-refractivity contribution >= 4 is 15.8 Å². The van der Waals surface area contributed by atoms with Crippen molar-refractivity contribution in [2.75, 3.05) is 10.8 Å². The van der Waals surface area contributed by atoms with Crippen LogP contribution >= 0.6 is 0 Å². The Hall–Kier alpha value is -2.46. The second kappa shape index (κ2) is 6.57. The van der Waals surface area contributed by atoms with E-state index in [9.17, 15) is 8.42 Å². The second-order valence-electron chi connectivity index (χ2n) is 6.70. The molecule has 0 bridgehead atoms. The van der Waals surface area contributed by atoms with E-state index < -0.39 is 10.0 Å². The van der Waals surface area contributed by atoms with Gasteiger partial charge < -0.3 is 0 Å². The lowest BCUT2D eigenvalue weighted by Crippen LogP contribution is -2.38. The summed E-state index contributed by atoms with van der Waals surface area (Å²) in [6.45, 7) is 7.97. The van der Waals surface area contributed by atoms with Crippen molar-refractivity contribution in [2.45, 2.75) is 32.6 Å². The summed E-state index contributed by atoms with van der Waals surface area (Å²) in [6.07, 6.45) is 1.21. The fraction of sp³-hybridized carbons (Fsp3) is 0.353. The molecule has 24 heavy (non-hydrogen) atoms. The number of nitriles is 1. The highest BCUT2D eigenvalue weighted by atomic mass is 32.2. The Morgan fingerprint density at radius 3 is 2.42 bits per heavy atom. The van der Waals surface area contributed by atoms with Crippen LogP contribution in [-0.2, 0) is 10.0 Å². The molecule has 126 valence electrons. The Morgan fingerprint density at radius 2 is 1.92 bits per heavy atom. The highest BCUT2D eigenvalue weighted by Gasteiger charge is 2.30. The molecule has 6 nitrogen and oxygen atoms in total. The van der Waals surface area contributed by atoms with Crippen molar-refractivity contribution in [1.29, 1.82) is 5.26 Å². The molecule has 2 heterocycles. The maximum atomic E-state index is 13.1. The largest absolute Gasteiger partial charge is 0.267 e.